The van der Waals surface area contributed by atoms with Gasteiger partial charge in [-0.2, -0.15) is 0 Å². The first kappa shape index (κ1) is 19.8. The average molecular weight is 386 g/mol. The van der Waals surface area contributed by atoms with Gasteiger partial charge in [0.15, 0.2) is 17.5 Å². The van der Waals surface area contributed by atoms with E-state index in [0.717, 1.165) is 37.8 Å². The van der Waals surface area contributed by atoms with Gasteiger partial charge in [0.25, 0.3) is 0 Å². The number of anilines is 1. The Bertz CT molecular complexity index is 806. The molecule has 6 nitrogen and oxygen atoms in total. The average Bonchev–Trinajstić information content (AvgIpc) is 2.71. The molecule has 0 aromatic heterocycles. The third-order valence-electron chi connectivity index (χ3n) is 4.73. The normalized spacial score (nSPS) is 16.0. The fraction of sp³-hybridized carbons (Fsp3) is 0.381. The van der Waals surface area contributed by atoms with Crippen molar-refractivity contribution >= 4 is 11.6 Å². The highest BCUT2D eigenvalue weighted by Crippen LogP contribution is 2.27. The fourth-order valence-electron chi connectivity index (χ4n) is 3.26. The predicted octanol–water partition coefficient (Wildman–Crippen LogP) is 2.70. The molecular weight excluding hydrogens is 359 g/mol. The largest absolute Gasteiger partial charge is 0.506 e. The number of aromatic hydroxyl groups is 1. The van der Waals surface area contributed by atoms with Crippen LogP contribution in [-0.2, 0) is 0 Å². The van der Waals surface area contributed by atoms with Gasteiger partial charge in [0, 0.05) is 33.2 Å². The van der Waals surface area contributed by atoms with Crippen LogP contribution in [0, 0.1) is 5.82 Å². The molecule has 28 heavy (non-hydrogen) atoms. The van der Waals surface area contributed by atoms with E-state index in [1.54, 1.807) is 31.3 Å². The van der Waals surface area contributed by atoms with Crippen LogP contribution in [0.3, 0.4) is 0 Å². The van der Waals surface area contributed by atoms with Crippen molar-refractivity contribution in [3.8, 4) is 11.5 Å². The molecule has 1 aliphatic rings. The molecular formula is C21H27FN4O2. The highest BCUT2D eigenvalue weighted by atomic mass is 19.1. The molecule has 0 aliphatic carbocycles. The topological polar surface area (TPSA) is 60.3 Å². The van der Waals surface area contributed by atoms with Gasteiger partial charge in [-0.25, -0.2) is 4.39 Å². The second-order valence-electron chi connectivity index (χ2n) is 6.75. The van der Waals surface area contributed by atoms with Crippen LogP contribution in [0.1, 0.15) is 6.92 Å². The van der Waals surface area contributed by atoms with E-state index in [4.69, 9.17) is 4.74 Å². The minimum atomic E-state index is -0.362. The molecule has 2 aromatic carbocycles. The summed E-state index contributed by atoms with van der Waals surface area (Å²) in [5.74, 6) is 0.987. The van der Waals surface area contributed by atoms with Crippen molar-refractivity contribution in [2.24, 2.45) is 4.99 Å². The Hall–Kier alpha value is -2.96. The molecule has 1 fully saturated rings. The molecule has 0 saturated carbocycles. The van der Waals surface area contributed by atoms with E-state index in [1.165, 1.54) is 6.07 Å². The smallest absolute Gasteiger partial charge is 0.193 e. The van der Waals surface area contributed by atoms with Crippen molar-refractivity contribution in [2.45, 2.75) is 13.0 Å². The van der Waals surface area contributed by atoms with Crippen LogP contribution in [0.25, 0.3) is 0 Å². The Morgan fingerprint density at radius 2 is 1.82 bits per heavy atom. The summed E-state index contributed by atoms with van der Waals surface area (Å²) in [5, 5.41) is 13.3. The predicted molar refractivity (Wildman–Crippen MR) is 110 cm³/mol. The summed E-state index contributed by atoms with van der Waals surface area (Å²) in [7, 11) is 1.75. The van der Waals surface area contributed by atoms with E-state index < -0.39 is 0 Å². The molecule has 150 valence electrons. The Labute approximate surface area is 165 Å². The van der Waals surface area contributed by atoms with Gasteiger partial charge in [-0.05, 0) is 31.2 Å². The minimum Gasteiger partial charge on any atom is -0.506 e. The monoisotopic (exact) mass is 386 g/mol. The molecule has 1 atom stereocenters. The van der Waals surface area contributed by atoms with Gasteiger partial charge >= 0.3 is 0 Å². The zero-order valence-electron chi connectivity index (χ0n) is 16.3. The first-order valence-electron chi connectivity index (χ1n) is 9.48. The standard InChI is InChI=1S/C21H27FN4O2/c1-16(28-20-10-6-3-7-17(20)22)15-24-21(23-2)26-13-11-25(12-14-26)18-8-4-5-9-19(18)27/h3-10,16,27H,11-15H2,1-2H3,(H,23,24). The van der Waals surface area contributed by atoms with E-state index in [2.05, 4.69) is 20.1 Å². The number of hydrogen-bond donors (Lipinski definition) is 2. The lowest BCUT2D eigenvalue weighted by atomic mass is 10.2. The number of nitrogens with zero attached hydrogens (tertiary/aromatic N) is 3. The number of halogens is 1. The lowest BCUT2D eigenvalue weighted by Gasteiger charge is -2.38. The molecule has 2 N–H and O–H groups in total. The maximum atomic E-state index is 13.7. The summed E-state index contributed by atoms with van der Waals surface area (Å²) in [6.45, 7) is 5.57. The number of guanidine groups is 1. The summed E-state index contributed by atoms with van der Waals surface area (Å²) in [6.07, 6.45) is -0.212. The molecule has 0 amide bonds. The maximum absolute atomic E-state index is 13.7. The summed E-state index contributed by atoms with van der Waals surface area (Å²) in [5.41, 5.74) is 0.858. The first-order valence-corrected chi connectivity index (χ1v) is 9.48. The molecule has 1 heterocycles. The highest BCUT2D eigenvalue weighted by molar-refractivity contribution is 5.80. The van der Waals surface area contributed by atoms with Crippen LogP contribution < -0.4 is 15.0 Å². The van der Waals surface area contributed by atoms with Crippen molar-refractivity contribution < 1.29 is 14.2 Å². The molecule has 1 aliphatic heterocycles. The molecule has 1 unspecified atom stereocenters. The molecule has 0 spiro atoms. The number of piperazine rings is 1. The van der Waals surface area contributed by atoms with Gasteiger partial charge in [0.05, 0.1) is 12.2 Å². The first-order chi connectivity index (χ1) is 13.6. The van der Waals surface area contributed by atoms with Gasteiger partial charge in [-0.1, -0.05) is 24.3 Å². The van der Waals surface area contributed by atoms with Crippen LogP contribution in [0.5, 0.6) is 11.5 Å². The third kappa shape index (κ3) is 4.85. The SMILES string of the molecule is CN=C(NCC(C)Oc1ccccc1F)N1CCN(c2ccccc2O)CC1. The number of benzene rings is 2. The molecule has 3 rings (SSSR count). The zero-order valence-corrected chi connectivity index (χ0v) is 16.3. The van der Waals surface area contributed by atoms with E-state index >= 15 is 0 Å². The Balaban J connectivity index is 1.50. The number of ether oxygens (including phenoxy) is 1. The summed E-state index contributed by atoms with van der Waals surface area (Å²) in [4.78, 5) is 8.70. The summed E-state index contributed by atoms with van der Waals surface area (Å²) < 4.78 is 19.4. The number of phenols is 1. The number of rotatable bonds is 5. The van der Waals surface area contributed by atoms with Gasteiger partial charge in [0.1, 0.15) is 11.9 Å². The summed E-state index contributed by atoms with van der Waals surface area (Å²) in [6, 6.07) is 13.8. The molecule has 2 aromatic rings. The maximum Gasteiger partial charge on any atom is 0.193 e. The van der Waals surface area contributed by atoms with Crippen LogP contribution in [0.4, 0.5) is 10.1 Å². The fourth-order valence-corrected chi connectivity index (χ4v) is 3.26. The van der Waals surface area contributed by atoms with Gasteiger partial charge in [-0.3, -0.25) is 4.99 Å². The molecule has 0 bridgehead atoms. The van der Waals surface area contributed by atoms with E-state index in [0.29, 0.717) is 12.3 Å². The number of aliphatic imine (C=N–C) groups is 1. The Morgan fingerprint density at radius 3 is 2.50 bits per heavy atom. The lowest BCUT2D eigenvalue weighted by Crippen LogP contribution is -2.53. The Kier molecular flexibility index (Phi) is 6.57. The van der Waals surface area contributed by atoms with Crippen molar-refractivity contribution in [2.75, 3.05) is 44.7 Å². The van der Waals surface area contributed by atoms with Gasteiger partial charge in [-0.15, -0.1) is 0 Å². The van der Waals surface area contributed by atoms with Crippen molar-refractivity contribution in [1.29, 1.82) is 0 Å². The van der Waals surface area contributed by atoms with E-state index in [1.807, 2.05) is 25.1 Å². The van der Waals surface area contributed by atoms with Crippen molar-refractivity contribution in [1.82, 2.24) is 10.2 Å². The van der Waals surface area contributed by atoms with E-state index in [9.17, 15) is 9.50 Å². The highest BCUT2D eigenvalue weighted by Gasteiger charge is 2.21. The lowest BCUT2D eigenvalue weighted by molar-refractivity contribution is 0.212. The van der Waals surface area contributed by atoms with Gasteiger partial charge < -0.3 is 25.0 Å². The van der Waals surface area contributed by atoms with Gasteiger partial charge in [0.2, 0.25) is 0 Å². The summed E-state index contributed by atoms with van der Waals surface area (Å²) >= 11 is 0. The number of para-hydroxylation sites is 3. The van der Waals surface area contributed by atoms with Crippen LogP contribution in [0.2, 0.25) is 0 Å². The van der Waals surface area contributed by atoms with Crippen molar-refractivity contribution in [3.63, 3.8) is 0 Å². The number of nitrogens with one attached hydrogen (secondary N) is 1. The number of hydrogen-bond acceptors (Lipinski definition) is 4. The second-order valence-corrected chi connectivity index (χ2v) is 6.75. The quantitative estimate of drug-likeness (QED) is 0.611. The van der Waals surface area contributed by atoms with Crippen LogP contribution in [-0.4, -0.2) is 61.8 Å². The minimum absolute atomic E-state index is 0.212. The van der Waals surface area contributed by atoms with Crippen LogP contribution in [0.15, 0.2) is 53.5 Å². The third-order valence-corrected chi connectivity index (χ3v) is 4.73. The van der Waals surface area contributed by atoms with E-state index in [-0.39, 0.29) is 17.7 Å². The molecule has 0 radical (unpaired) electrons. The molecule has 1 saturated heterocycles. The van der Waals surface area contributed by atoms with Crippen molar-refractivity contribution in [3.05, 3.63) is 54.3 Å². The second kappa shape index (κ2) is 9.30. The van der Waals surface area contributed by atoms with Crippen LogP contribution >= 0.6 is 0 Å². The molecule has 7 heteroatoms. The Morgan fingerprint density at radius 1 is 1.14 bits per heavy atom. The zero-order chi connectivity index (χ0) is 19.9. The number of phenolic OH excluding ortho intramolecular Hbond substituents is 1.